The standard InChI is InChI=1S/2C9H16O4.2Ca/c2*10-8(11)6-4-2-1-3-5-7-9(12)13;;/h2*1-7H2,(H,10,11)(H,12,13);;/q;;2*+2/p-4. The van der Waals surface area contributed by atoms with Gasteiger partial charge in [-0.1, -0.05) is 38.5 Å². The molecule has 152 valence electrons. The Morgan fingerprint density at radius 2 is 0.500 bits per heavy atom. The van der Waals surface area contributed by atoms with Gasteiger partial charge in [-0.25, -0.2) is 0 Å². The Balaban J connectivity index is -0.000000192. The number of carboxylic acid groups (broad SMARTS) is 4. The summed E-state index contributed by atoms with van der Waals surface area (Å²) in [6.45, 7) is 0. The third-order valence-electron chi connectivity index (χ3n) is 3.52. The van der Waals surface area contributed by atoms with Gasteiger partial charge in [0.2, 0.25) is 0 Å². The van der Waals surface area contributed by atoms with Crippen molar-refractivity contribution in [1.29, 1.82) is 0 Å². The molecule has 0 aliphatic carbocycles. The fraction of sp³-hybridized carbons (Fsp3) is 0.778. The number of carbonyl (C=O) groups is 4. The van der Waals surface area contributed by atoms with Gasteiger partial charge in [-0.15, -0.1) is 0 Å². The van der Waals surface area contributed by atoms with Gasteiger partial charge in [-0.2, -0.15) is 0 Å². The minimum absolute atomic E-state index is 0. The van der Waals surface area contributed by atoms with Crippen LogP contribution in [0.5, 0.6) is 0 Å². The number of carbonyl (C=O) groups excluding carboxylic acids is 4. The Labute approximate surface area is 226 Å². The molecule has 0 amide bonds. The van der Waals surface area contributed by atoms with Crippen LogP contribution in [0.3, 0.4) is 0 Å². The predicted molar refractivity (Wildman–Crippen MR) is 96.2 cm³/mol. The minimum atomic E-state index is -1.02. The maximum atomic E-state index is 9.98. The maximum absolute atomic E-state index is 9.98. The molecule has 0 aromatic rings. The molecule has 0 N–H and O–H groups in total. The van der Waals surface area contributed by atoms with Gasteiger partial charge in [-0.05, 0) is 51.4 Å². The number of unbranched alkanes of at least 4 members (excludes halogenated alkanes) is 8. The summed E-state index contributed by atoms with van der Waals surface area (Å²) in [7, 11) is 0. The van der Waals surface area contributed by atoms with Crippen LogP contribution in [0.4, 0.5) is 0 Å². The molecular weight excluding hydrogens is 424 g/mol. The van der Waals surface area contributed by atoms with Crippen LogP contribution in [0.1, 0.15) is 89.9 Å². The van der Waals surface area contributed by atoms with Crippen molar-refractivity contribution in [3.63, 3.8) is 0 Å². The van der Waals surface area contributed by atoms with Gasteiger partial charge >= 0.3 is 75.5 Å². The molecule has 0 fully saturated rings. The third-order valence-corrected chi connectivity index (χ3v) is 3.52. The van der Waals surface area contributed by atoms with E-state index in [1.54, 1.807) is 0 Å². The van der Waals surface area contributed by atoms with Crippen LogP contribution in [0.2, 0.25) is 0 Å². The van der Waals surface area contributed by atoms with Gasteiger partial charge in [0.15, 0.2) is 0 Å². The van der Waals surface area contributed by atoms with Gasteiger partial charge in [0.1, 0.15) is 0 Å². The van der Waals surface area contributed by atoms with Gasteiger partial charge in [0.25, 0.3) is 0 Å². The number of rotatable bonds is 16. The summed E-state index contributed by atoms with van der Waals surface area (Å²) in [5.41, 5.74) is 0. The second kappa shape index (κ2) is 27.4. The zero-order valence-electron chi connectivity index (χ0n) is 16.6. The van der Waals surface area contributed by atoms with Gasteiger partial charge in [-0.3, -0.25) is 0 Å². The first-order valence-electron chi connectivity index (χ1n) is 9.05. The number of hydrogen-bond donors (Lipinski definition) is 0. The molecule has 0 saturated heterocycles. The molecule has 0 rings (SSSR count). The van der Waals surface area contributed by atoms with Crippen LogP contribution in [0, 0.1) is 0 Å². The van der Waals surface area contributed by atoms with Crippen LogP contribution in [0.25, 0.3) is 0 Å². The van der Waals surface area contributed by atoms with Crippen molar-refractivity contribution in [2.45, 2.75) is 89.9 Å². The van der Waals surface area contributed by atoms with E-state index in [0.717, 1.165) is 38.5 Å². The topological polar surface area (TPSA) is 161 Å². The molecule has 0 aromatic carbocycles. The van der Waals surface area contributed by atoms with E-state index >= 15 is 0 Å². The Morgan fingerprint density at radius 3 is 0.643 bits per heavy atom. The molecule has 0 aromatic heterocycles. The van der Waals surface area contributed by atoms with Gasteiger partial charge in [0, 0.05) is 23.9 Å². The molecule has 0 heterocycles. The first-order valence-corrected chi connectivity index (χ1v) is 9.05. The normalized spacial score (nSPS) is 9.14. The van der Waals surface area contributed by atoms with Crippen molar-refractivity contribution >= 4 is 99.4 Å². The molecule has 0 spiro atoms. The number of carboxylic acids is 4. The average Bonchev–Trinajstić information content (AvgIpc) is 2.52. The van der Waals surface area contributed by atoms with Gasteiger partial charge < -0.3 is 39.6 Å². The van der Waals surface area contributed by atoms with Crippen molar-refractivity contribution in [1.82, 2.24) is 0 Å². The van der Waals surface area contributed by atoms with Crippen molar-refractivity contribution in [2.75, 3.05) is 0 Å². The molecule has 0 unspecified atom stereocenters. The summed E-state index contributed by atoms with van der Waals surface area (Å²) >= 11 is 0. The molecule has 0 bridgehead atoms. The summed E-state index contributed by atoms with van der Waals surface area (Å²) in [5.74, 6) is -4.08. The molecule has 0 aliphatic heterocycles. The fourth-order valence-corrected chi connectivity index (χ4v) is 2.14. The molecule has 0 atom stereocenters. The minimum Gasteiger partial charge on any atom is -0.550 e. The zero-order valence-corrected chi connectivity index (χ0v) is 21.0. The van der Waals surface area contributed by atoms with E-state index in [1.165, 1.54) is 0 Å². The first kappa shape index (κ1) is 35.8. The van der Waals surface area contributed by atoms with Crippen LogP contribution in [-0.4, -0.2) is 99.4 Å². The van der Waals surface area contributed by atoms with Crippen LogP contribution in [-0.2, 0) is 19.2 Å². The van der Waals surface area contributed by atoms with Crippen LogP contribution in [0.15, 0.2) is 0 Å². The summed E-state index contributed by atoms with van der Waals surface area (Å²) in [6.07, 6.45) is 7.90. The molecular formula is C18H28Ca2O8. The van der Waals surface area contributed by atoms with Crippen LogP contribution < -0.4 is 20.4 Å². The van der Waals surface area contributed by atoms with Crippen molar-refractivity contribution in [2.24, 2.45) is 0 Å². The smallest absolute Gasteiger partial charge is 0.550 e. The van der Waals surface area contributed by atoms with E-state index in [4.69, 9.17) is 0 Å². The quantitative estimate of drug-likeness (QED) is 0.186. The van der Waals surface area contributed by atoms with E-state index < -0.39 is 23.9 Å². The summed E-state index contributed by atoms with van der Waals surface area (Å²) < 4.78 is 0. The summed E-state index contributed by atoms with van der Waals surface area (Å²) in [4.78, 5) is 39.9. The largest absolute Gasteiger partial charge is 2.00 e. The van der Waals surface area contributed by atoms with E-state index in [2.05, 4.69) is 0 Å². The van der Waals surface area contributed by atoms with Gasteiger partial charge in [0.05, 0.1) is 0 Å². The van der Waals surface area contributed by atoms with Crippen molar-refractivity contribution < 1.29 is 39.6 Å². The SMILES string of the molecule is O=C([O-])CCCCCCCC(=O)[O-].O=C([O-])CCCCCCCC(=O)[O-].[Ca+2].[Ca+2]. The van der Waals surface area contributed by atoms with E-state index in [0.29, 0.717) is 25.7 Å². The molecule has 0 aliphatic rings. The summed E-state index contributed by atoms with van der Waals surface area (Å²) in [5, 5.41) is 39.9. The van der Waals surface area contributed by atoms with E-state index in [-0.39, 0.29) is 101 Å². The molecule has 0 saturated carbocycles. The Bertz CT molecular complexity index is 342. The Morgan fingerprint density at radius 1 is 0.357 bits per heavy atom. The third kappa shape index (κ3) is 40.9. The zero-order chi connectivity index (χ0) is 20.2. The second-order valence-electron chi connectivity index (χ2n) is 6.02. The van der Waals surface area contributed by atoms with Crippen LogP contribution >= 0.6 is 0 Å². The predicted octanol–water partition coefficient (Wildman–Crippen LogP) is -2.33. The van der Waals surface area contributed by atoms with E-state index in [9.17, 15) is 39.6 Å². The monoisotopic (exact) mass is 452 g/mol. The maximum Gasteiger partial charge on any atom is 2.00 e. The molecule has 28 heavy (non-hydrogen) atoms. The Kier molecular flexibility index (Phi) is 35.0. The first-order chi connectivity index (χ1) is 12.3. The second-order valence-corrected chi connectivity index (χ2v) is 6.02. The number of aliphatic carboxylic acids is 4. The van der Waals surface area contributed by atoms with Crippen molar-refractivity contribution in [3.8, 4) is 0 Å². The molecule has 10 heteroatoms. The molecule has 8 nitrogen and oxygen atoms in total. The fourth-order valence-electron chi connectivity index (χ4n) is 2.14. The average molecular weight is 453 g/mol. The molecule has 0 radical (unpaired) electrons. The summed E-state index contributed by atoms with van der Waals surface area (Å²) in [6, 6.07) is 0. The number of hydrogen-bond acceptors (Lipinski definition) is 8. The Hall–Kier alpha value is 0.399. The van der Waals surface area contributed by atoms with E-state index in [1.807, 2.05) is 0 Å². The van der Waals surface area contributed by atoms with Crippen molar-refractivity contribution in [3.05, 3.63) is 0 Å².